The number of nitrogens with zero attached hydrogens (tertiary/aromatic N) is 2. The fraction of sp³-hybridized carbons (Fsp3) is 0.0769. The molecule has 4 N–H and O–H groups in total. The standard InChI is InChI=1S/C26H22N4O5S/c1-35-22-14-12-21(13-15-22)30-24(17-20(29-30)5-4-16-31)26(32)28-19-10-8-18(9-11-19)23-6-2-3-7-25(23)36(27,33)34/h2-3,6-15,17,31H,16H2,1H3,(H,28,32)(H2,27,33,34). The van der Waals surface area contributed by atoms with Gasteiger partial charge in [-0.05, 0) is 53.9 Å². The zero-order chi connectivity index (χ0) is 25.7. The molecule has 36 heavy (non-hydrogen) atoms. The summed E-state index contributed by atoms with van der Waals surface area (Å²) in [6.07, 6.45) is 0. The smallest absolute Gasteiger partial charge is 0.274 e. The molecular formula is C26H22N4O5S. The highest BCUT2D eigenvalue weighted by molar-refractivity contribution is 7.89. The van der Waals surface area contributed by atoms with Crippen LogP contribution in [-0.4, -0.2) is 42.9 Å². The molecule has 1 aromatic heterocycles. The van der Waals surface area contributed by atoms with Crippen molar-refractivity contribution in [1.29, 1.82) is 0 Å². The molecule has 0 saturated heterocycles. The molecule has 1 heterocycles. The summed E-state index contributed by atoms with van der Waals surface area (Å²) in [5.74, 6) is 5.46. The molecule has 9 nitrogen and oxygen atoms in total. The summed E-state index contributed by atoms with van der Waals surface area (Å²) < 4.78 is 30.5. The molecule has 4 aromatic rings. The molecule has 10 heteroatoms. The lowest BCUT2D eigenvalue weighted by Gasteiger charge is -2.11. The van der Waals surface area contributed by atoms with Gasteiger partial charge >= 0.3 is 0 Å². The van der Waals surface area contributed by atoms with E-state index < -0.39 is 15.9 Å². The van der Waals surface area contributed by atoms with Crippen LogP contribution < -0.4 is 15.2 Å². The van der Waals surface area contributed by atoms with Gasteiger partial charge in [0.2, 0.25) is 10.0 Å². The molecule has 0 aliphatic heterocycles. The molecule has 0 radical (unpaired) electrons. The molecule has 0 atom stereocenters. The van der Waals surface area contributed by atoms with Gasteiger partial charge in [0.1, 0.15) is 23.7 Å². The number of aliphatic hydroxyl groups is 1. The average Bonchev–Trinajstić information content (AvgIpc) is 3.32. The number of rotatable bonds is 6. The third-order valence-corrected chi connectivity index (χ3v) is 6.17. The highest BCUT2D eigenvalue weighted by Crippen LogP contribution is 2.28. The van der Waals surface area contributed by atoms with Crippen LogP contribution >= 0.6 is 0 Å². The van der Waals surface area contributed by atoms with Crippen molar-refractivity contribution < 1.29 is 23.1 Å². The Morgan fingerprint density at radius 1 is 1.08 bits per heavy atom. The van der Waals surface area contributed by atoms with Crippen molar-refractivity contribution in [3.63, 3.8) is 0 Å². The Morgan fingerprint density at radius 3 is 2.42 bits per heavy atom. The lowest BCUT2D eigenvalue weighted by molar-refractivity contribution is 0.101. The monoisotopic (exact) mass is 502 g/mol. The molecule has 182 valence electrons. The lowest BCUT2D eigenvalue weighted by atomic mass is 10.1. The van der Waals surface area contributed by atoms with E-state index in [1.165, 1.54) is 16.8 Å². The number of primary sulfonamides is 1. The highest BCUT2D eigenvalue weighted by atomic mass is 32.2. The minimum atomic E-state index is -3.90. The van der Waals surface area contributed by atoms with Gasteiger partial charge in [0.05, 0.1) is 17.7 Å². The number of amides is 1. The topological polar surface area (TPSA) is 137 Å². The van der Waals surface area contributed by atoms with Crippen LogP contribution in [0.15, 0.2) is 83.8 Å². The maximum Gasteiger partial charge on any atom is 0.274 e. The third kappa shape index (κ3) is 5.45. The molecule has 0 spiro atoms. The normalized spacial score (nSPS) is 10.9. The first-order chi connectivity index (χ1) is 17.3. The predicted molar refractivity (Wildman–Crippen MR) is 135 cm³/mol. The van der Waals surface area contributed by atoms with Crippen molar-refractivity contribution >= 4 is 21.6 Å². The zero-order valence-electron chi connectivity index (χ0n) is 19.2. The summed E-state index contributed by atoms with van der Waals surface area (Å²) in [5, 5.41) is 21.6. The largest absolute Gasteiger partial charge is 0.497 e. The van der Waals surface area contributed by atoms with Gasteiger partial charge in [-0.15, -0.1) is 0 Å². The van der Waals surface area contributed by atoms with Crippen molar-refractivity contribution in [2.45, 2.75) is 4.90 Å². The van der Waals surface area contributed by atoms with Gasteiger partial charge in [-0.3, -0.25) is 4.79 Å². The number of anilines is 1. The Balaban J connectivity index is 1.63. The second-order valence-electron chi connectivity index (χ2n) is 7.56. The molecule has 0 bridgehead atoms. The van der Waals surface area contributed by atoms with E-state index in [0.29, 0.717) is 33.9 Å². The Kier molecular flexibility index (Phi) is 7.17. The fourth-order valence-electron chi connectivity index (χ4n) is 3.54. The summed E-state index contributed by atoms with van der Waals surface area (Å²) in [6.45, 7) is -0.335. The summed E-state index contributed by atoms with van der Waals surface area (Å²) >= 11 is 0. The first-order valence-corrected chi connectivity index (χ1v) is 12.2. The number of carbonyl (C=O) groups excluding carboxylic acids is 1. The molecule has 0 aliphatic carbocycles. The van der Waals surface area contributed by atoms with E-state index in [9.17, 15) is 13.2 Å². The Bertz CT molecular complexity index is 1570. The Labute approximate surface area is 208 Å². The van der Waals surface area contributed by atoms with Crippen molar-refractivity contribution in [3.05, 3.63) is 90.3 Å². The van der Waals surface area contributed by atoms with Crippen LogP contribution in [0.2, 0.25) is 0 Å². The molecule has 0 aliphatic rings. The number of hydrogen-bond acceptors (Lipinski definition) is 6. The van der Waals surface area contributed by atoms with E-state index in [-0.39, 0.29) is 17.2 Å². The van der Waals surface area contributed by atoms with Gasteiger partial charge in [-0.1, -0.05) is 36.3 Å². The van der Waals surface area contributed by atoms with E-state index in [1.54, 1.807) is 73.8 Å². The van der Waals surface area contributed by atoms with E-state index in [2.05, 4.69) is 22.3 Å². The molecule has 0 saturated carbocycles. The van der Waals surface area contributed by atoms with Gasteiger partial charge in [0, 0.05) is 17.3 Å². The SMILES string of the molecule is COc1ccc(-n2nc(C#CCO)cc2C(=O)Nc2ccc(-c3ccccc3S(N)(=O)=O)cc2)cc1. The minimum Gasteiger partial charge on any atom is -0.497 e. The van der Waals surface area contributed by atoms with Gasteiger partial charge in [0.15, 0.2) is 0 Å². The van der Waals surface area contributed by atoms with Crippen molar-refractivity contribution in [2.24, 2.45) is 5.14 Å². The maximum absolute atomic E-state index is 13.2. The van der Waals surface area contributed by atoms with E-state index in [4.69, 9.17) is 15.0 Å². The molecule has 3 aromatic carbocycles. The fourth-order valence-corrected chi connectivity index (χ4v) is 4.30. The number of sulfonamides is 1. The first-order valence-electron chi connectivity index (χ1n) is 10.7. The number of nitrogens with two attached hydrogens (primary N) is 1. The number of ether oxygens (including phenoxy) is 1. The zero-order valence-corrected chi connectivity index (χ0v) is 20.0. The van der Waals surface area contributed by atoms with E-state index in [1.807, 2.05) is 0 Å². The van der Waals surface area contributed by atoms with Gasteiger partial charge in [-0.2, -0.15) is 5.10 Å². The molecule has 4 rings (SSSR count). The van der Waals surface area contributed by atoms with Crippen LogP contribution in [-0.2, 0) is 10.0 Å². The third-order valence-electron chi connectivity index (χ3n) is 5.20. The number of hydrogen-bond donors (Lipinski definition) is 3. The highest BCUT2D eigenvalue weighted by Gasteiger charge is 2.18. The van der Waals surface area contributed by atoms with Crippen LogP contribution in [0.1, 0.15) is 16.2 Å². The van der Waals surface area contributed by atoms with Crippen LogP contribution in [0.25, 0.3) is 16.8 Å². The molecule has 0 unspecified atom stereocenters. The first kappa shape index (κ1) is 24.7. The molecule has 1 amide bonds. The van der Waals surface area contributed by atoms with Crippen molar-refractivity contribution in [1.82, 2.24) is 9.78 Å². The predicted octanol–water partition coefficient (Wildman–Crippen LogP) is 2.79. The van der Waals surface area contributed by atoms with Crippen LogP contribution in [0.4, 0.5) is 5.69 Å². The summed E-state index contributed by atoms with van der Waals surface area (Å²) in [5.41, 5.74) is 2.74. The summed E-state index contributed by atoms with van der Waals surface area (Å²) in [6, 6.07) is 21.7. The number of methoxy groups -OCH3 is 1. The van der Waals surface area contributed by atoms with Crippen LogP contribution in [0, 0.1) is 11.8 Å². The maximum atomic E-state index is 13.2. The lowest BCUT2D eigenvalue weighted by Crippen LogP contribution is -2.17. The quantitative estimate of drug-likeness (QED) is 0.347. The number of benzene rings is 3. The van der Waals surface area contributed by atoms with Crippen molar-refractivity contribution in [2.75, 3.05) is 19.0 Å². The van der Waals surface area contributed by atoms with E-state index in [0.717, 1.165) is 0 Å². The number of aliphatic hydroxyl groups excluding tert-OH is 1. The second-order valence-corrected chi connectivity index (χ2v) is 9.09. The Morgan fingerprint density at radius 2 is 1.78 bits per heavy atom. The summed E-state index contributed by atoms with van der Waals surface area (Å²) in [7, 11) is -2.34. The van der Waals surface area contributed by atoms with Crippen molar-refractivity contribution in [3.8, 4) is 34.4 Å². The number of nitrogens with one attached hydrogen (secondary N) is 1. The Hall–Kier alpha value is -4.43. The summed E-state index contributed by atoms with van der Waals surface area (Å²) in [4.78, 5) is 13.2. The second kappa shape index (κ2) is 10.5. The number of carbonyl (C=O) groups is 1. The van der Waals surface area contributed by atoms with Crippen LogP contribution in [0.5, 0.6) is 5.75 Å². The molecular weight excluding hydrogens is 480 g/mol. The van der Waals surface area contributed by atoms with Gasteiger partial charge in [-0.25, -0.2) is 18.2 Å². The number of aromatic nitrogens is 2. The minimum absolute atomic E-state index is 0.0155. The van der Waals surface area contributed by atoms with Gasteiger partial charge < -0.3 is 15.2 Å². The van der Waals surface area contributed by atoms with Gasteiger partial charge in [0.25, 0.3) is 5.91 Å². The van der Waals surface area contributed by atoms with E-state index >= 15 is 0 Å². The average molecular weight is 503 g/mol. The van der Waals surface area contributed by atoms with Crippen LogP contribution in [0.3, 0.4) is 0 Å². The molecule has 0 fully saturated rings.